The lowest BCUT2D eigenvalue weighted by Crippen LogP contribution is -2.10. The molecule has 1 aromatic rings. The molecule has 13 heavy (non-hydrogen) atoms. The van der Waals surface area contributed by atoms with Crippen molar-refractivity contribution in [2.24, 2.45) is 5.73 Å². The van der Waals surface area contributed by atoms with Gasteiger partial charge in [-0.1, -0.05) is 13.0 Å². The summed E-state index contributed by atoms with van der Waals surface area (Å²) in [4.78, 5) is 0. The smallest absolute Gasteiger partial charge is 0.133 e. The van der Waals surface area contributed by atoms with Crippen LogP contribution in [0.25, 0.3) is 0 Å². The largest absolute Gasteiger partial charge is 0.491 e. The average molecular weight is 244 g/mol. The SMILES string of the molecule is CCc1ccc(OCCN)c(Br)c1. The molecule has 0 aliphatic heterocycles. The van der Waals surface area contributed by atoms with Crippen LogP contribution < -0.4 is 10.5 Å². The molecule has 0 spiro atoms. The lowest BCUT2D eigenvalue weighted by Gasteiger charge is -2.07. The number of benzene rings is 1. The van der Waals surface area contributed by atoms with Crippen LogP contribution in [0.2, 0.25) is 0 Å². The van der Waals surface area contributed by atoms with Gasteiger partial charge in [-0.05, 0) is 40.0 Å². The Morgan fingerprint density at radius 3 is 2.77 bits per heavy atom. The zero-order valence-corrected chi connectivity index (χ0v) is 9.30. The maximum Gasteiger partial charge on any atom is 0.133 e. The van der Waals surface area contributed by atoms with Gasteiger partial charge in [0.1, 0.15) is 12.4 Å². The average Bonchev–Trinajstić information content (AvgIpc) is 2.16. The number of aryl methyl sites for hydroxylation is 1. The van der Waals surface area contributed by atoms with Gasteiger partial charge in [-0.3, -0.25) is 0 Å². The molecule has 0 heterocycles. The minimum atomic E-state index is 0.544. The Morgan fingerprint density at radius 1 is 1.46 bits per heavy atom. The van der Waals surface area contributed by atoms with E-state index in [0.29, 0.717) is 13.2 Å². The van der Waals surface area contributed by atoms with E-state index in [-0.39, 0.29) is 0 Å². The molecule has 0 fully saturated rings. The van der Waals surface area contributed by atoms with E-state index < -0.39 is 0 Å². The van der Waals surface area contributed by atoms with E-state index in [4.69, 9.17) is 10.5 Å². The first-order chi connectivity index (χ1) is 6.27. The number of nitrogens with two attached hydrogens (primary N) is 1. The van der Waals surface area contributed by atoms with Crippen LogP contribution in [0, 0.1) is 0 Å². The molecule has 1 aromatic carbocycles. The van der Waals surface area contributed by atoms with E-state index in [9.17, 15) is 0 Å². The second-order valence-electron chi connectivity index (χ2n) is 2.76. The summed E-state index contributed by atoms with van der Waals surface area (Å²) in [5.74, 6) is 0.864. The number of halogens is 1. The monoisotopic (exact) mass is 243 g/mol. The van der Waals surface area contributed by atoms with E-state index in [1.165, 1.54) is 5.56 Å². The van der Waals surface area contributed by atoms with Crippen LogP contribution in [0.5, 0.6) is 5.75 Å². The molecular formula is C10H14BrNO. The molecule has 0 bridgehead atoms. The van der Waals surface area contributed by atoms with Gasteiger partial charge in [-0.2, -0.15) is 0 Å². The number of ether oxygens (including phenoxy) is 1. The fraction of sp³-hybridized carbons (Fsp3) is 0.400. The first-order valence-corrected chi connectivity index (χ1v) is 5.18. The van der Waals surface area contributed by atoms with Crippen LogP contribution in [0.3, 0.4) is 0 Å². The molecule has 0 amide bonds. The molecule has 0 saturated carbocycles. The molecule has 3 heteroatoms. The summed E-state index contributed by atoms with van der Waals surface area (Å²) in [6.07, 6.45) is 1.04. The normalized spacial score (nSPS) is 10.1. The van der Waals surface area contributed by atoms with E-state index >= 15 is 0 Å². The highest BCUT2D eigenvalue weighted by atomic mass is 79.9. The topological polar surface area (TPSA) is 35.2 Å². The highest BCUT2D eigenvalue weighted by Crippen LogP contribution is 2.25. The van der Waals surface area contributed by atoms with Crippen molar-refractivity contribution in [3.05, 3.63) is 28.2 Å². The number of hydrogen-bond acceptors (Lipinski definition) is 2. The molecule has 0 radical (unpaired) electrons. The van der Waals surface area contributed by atoms with Gasteiger partial charge in [0.25, 0.3) is 0 Å². The van der Waals surface area contributed by atoms with Crippen LogP contribution in [0.15, 0.2) is 22.7 Å². The Kier molecular flexibility index (Phi) is 4.25. The van der Waals surface area contributed by atoms with Gasteiger partial charge >= 0.3 is 0 Å². The lowest BCUT2D eigenvalue weighted by molar-refractivity contribution is 0.326. The maximum atomic E-state index is 5.41. The van der Waals surface area contributed by atoms with Crippen molar-refractivity contribution in [1.29, 1.82) is 0 Å². The van der Waals surface area contributed by atoms with E-state index in [1.54, 1.807) is 0 Å². The van der Waals surface area contributed by atoms with Gasteiger partial charge in [-0.15, -0.1) is 0 Å². The molecule has 0 aliphatic carbocycles. The molecule has 0 unspecified atom stereocenters. The molecule has 0 aliphatic rings. The van der Waals surface area contributed by atoms with Gasteiger partial charge in [-0.25, -0.2) is 0 Å². The Balaban J connectivity index is 2.73. The van der Waals surface area contributed by atoms with Crippen LogP contribution in [-0.4, -0.2) is 13.2 Å². The summed E-state index contributed by atoms with van der Waals surface area (Å²) < 4.78 is 6.41. The zero-order chi connectivity index (χ0) is 9.68. The van der Waals surface area contributed by atoms with E-state index in [0.717, 1.165) is 16.6 Å². The fourth-order valence-electron chi connectivity index (χ4n) is 1.05. The quantitative estimate of drug-likeness (QED) is 0.882. The summed E-state index contributed by atoms with van der Waals surface area (Å²) in [6.45, 7) is 3.23. The second kappa shape index (κ2) is 5.25. The Bertz CT molecular complexity index is 276. The van der Waals surface area contributed by atoms with E-state index in [1.807, 2.05) is 6.07 Å². The fourth-order valence-corrected chi connectivity index (χ4v) is 1.59. The second-order valence-corrected chi connectivity index (χ2v) is 3.61. The molecule has 0 saturated heterocycles. The Labute approximate surface area is 87.2 Å². The van der Waals surface area contributed by atoms with E-state index in [2.05, 4.69) is 35.0 Å². The first-order valence-electron chi connectivity index (χ1n) is 4.39. The molecule has 72 valence electrons. The van der Waals surface area contributed by atoms with Gasteiger partial charge < -0.3 is 10.5 Å². The lowest BCUT2D eigenvalue weighted by atomic mass is 10.2. The minimum Gasteiger partial charge on any atom is -0.491 e. The van der Waals surface area contributed by atoms with Crippen molar-refractivity contribution in [2.45, 2.75) is 13.3 Å². The summed E-state index contributed by atoms with van der Waals surface area (Å²) >= 11 is 3.45. The van der Waals surface area contributed by atoms with Crippen LogP contribution >= 0.6 is 15.9 Å². The van der Waals surface area contributed by atoms with Crippen LogP contribution in [-0.2, 0) is 6.42 Å². The van der Waals surface area contributed by atoms with Crippen LogP contribution in [0.1, 0.15) is 12.5 Å². The first kappa shape index (κ1) is 10.5. The van der Waals surface area contributed by atoms with Crippen LogP contribution in [0.4, 0.5) is 0 Å². The summed E-state index contributed by atoms with van der Waals surface area (Å²) in [5, 5.41) is 0. The van der Waals surface area contributed by atoms with Gasteiger partial charge in [0.2, 0.25) is 0 Å². The van der Waals surface area contributed by atoms with Crippen molar-refractivity contribution >= 4 is 15.9 Å². The number of hydrogen-bond donors (Lipinski definition) is 1. The van der Waals surface area contributed by atoms with Gasteiger partial charge in [0.05, 0.1) is 4.47 Å². The predicted molar refractivity (Wildman–Crippen MR) is 58.1 cm³/mol. The van der Waals surface area contributed by atoms with Gasteiger partial charge in [0, 0.05) is 6.54 Å². The third-order valence-corrected chi connectivity index (χ3v) is 2.40. The van der Waals surface area contributed by atoms with Crippen molar-refractivity contribution in [3.8, 4) is 5.75 Å². The molecule has 1 rings (SSSR count). The third-order valence-electron chi connectivity index (χ3n) is 1.78. The van der Waals surface area contributed by atoms with Crippen molar-refractivity contribution in [2.75, 3.05) is 13.2 Å². The summed E-state index contributed by atoms with van der Waals surface area (Å²) in [6, 6.07) is 6.11. The zero-order valence-electron chi connectivity index (χ0n) is 7.72. The molecule has 0 aromatic heterocycles. The predicted octanol–water partition coefficient (Wildman–Crippen LogP) is 2.35. The Morgan fingerprint density at radius 2 is 2.23 bits per heavy atom. The molecule has 2 nitrogen and oxygen atoms in total. The van der Waals surface area contributed by atoms with Crippen molar-refractivity contribution < 1.29 is 4.74 Å². The molecular weight excluding hydrogens is 230 g/mol. The third kappa shape index (κ3) is 3.01. The maximum absolute atomic E-state index is 5.41. The van der Waals surface area contributed by atoms with Crippen molar-refractivity contribution in [3.63, 3.8) is 0 Å². The van der Waals surface area contributed by atoms with Gasteiger partial charge in [0.15, 0.2) is 0 Å². The highest BCUT2D eigenvalue weighted by Gasteiger charge is 2.00. The summed E-state index contributed by atoms with van der Waals surface area (Å²) in [5.41, 5.74) is 6.64. The molecule has 2 N–H and O–H groups in total. The van der Waals surface area contributed by atoms with Crippen molar-refractivity contribution in [1.82, 2.24) is 0 Å². The minimum absolute atomic E-state index is 0.544. The number of rotatable bonds is 4. The molecule has 0 atom stereocenters. The highest BCUT2D eigenvalue weighted by molar-refractivity contribution is 9.10. The standard InChI is InChI=1S/C10H14BrNO/c1-2-8-3-4-10(9(11)7-8)13-6-5-12/h3-4,7H,2,5-6,12H2,1H3. The Hall–Kier alpha value is -0.540. The summed E-state index contributed by atoms with van der Waals surface area (Å²) in [7, 11) is 0.